The van der Waals surface area contributed by atoms with Crippen molar-refractivity contribution in [3.63, 3.8) is 0 Å². The lowest BCUT2D eigenvalue weighted by atomic mass is 9.93. The molecule has 0 amide bonds. The minimum atomic E-state index is -0.899. The molecule has 1 saturated heterocycles. The first-order chi connectivity index (χ1) is 13.7. The standard InChI is InChI=1S/C21H31N5OS.HI/c1-3-23-21(24-11-14-28(27)16-19-7-5-4-6-8-19)25-12-9-18(2)20(15-25)26-13-10-22-17-26;/h4-8,10,13,17-18,20H,3,9,11-12,14-16H2,1-2H3,(H,23,24);1H. The summed E-state index contributed by atoms with van der Waals surface area (Å²) in [5.41, 5.74) is 1.12. The van der Waals surface area contributed by atoms with Crippen LogP contribution < -0.4 is 5.32 Å². The zero-order valence-corrected chi connectivity index (χ0v) is 20.4. The molecule has 29 heavy (non-hydrogen) atoms. The molecule has 0 saturated carbocycles. The van der Waals surface area contributed by atoms with Crippen molar-refractivity contribution in [2.75, 3.05) is 31.9 Å². The van der Waals surface area contributed by atoms with Gasteiger partial charge in [0.2, 0.25) is 0 Å². The normalized spacial score (nSPS) is 20.8. The molecule has 1 aromatic heterocycles. The summed E-state index contributed by atoms with van der Waals surface area (Å²) in [6, 6.07) is 10.4. The number of nitrogens with zero attached hydrogens (tertiary/aromatic N) is 4. The third-order valence-corrected chi connectivity index (χ3v) is 6.51. The van der Waals surface area contributed by atoms with Crippen LogP contribution in [0.4, 0.5) is 0 Å². The lowest BCUT2D eigenvalue weighted by Gasteiger charge is -2.39. The number of likely N-dealkylation sites (tertiary alicyclic amines) is 1. The minimum Gasteiger partial charge on any atom is -0.357 e. The third kappa shape index (κ3) is 7.09. The molecular weight excluding hydrogens is 497 g/mol. The second-order valence-electron chi connectivity index (χ2n) is 7.30. The van der Waals surface area contributed by atoms with Crippen molar-refractivity contribution >= 4 is 40.7 Å². The van der Waals surface area contributed by atoms with E-state index in [1.54, 1.807) is 0 Å². The minimum absolute atomic E-state index is 0. The van der Waals surface area contributed by atoms with Crippen LogP contribution in [-0.4, -0.2) is 56.6 Å². The van der Waals surface area contributed by atoms with Gasteiger partial charge >= 0.3 is 0 Å². The van der Waals surface area contributed by atoms with Crippen molar-refractivity contribution in [3.8, 4) is 0 Å². The first kappa shape index (κ1) is 23.9. The summed E-state index contributed by atoms with van der Waals surface area (Å²) in [6.07, 6.45) is 6.91. The number of hydrogen-bond donors (Lipinski definition) is 1. The van der Waals surface area contributed by atoms with Crippen molar-refractivity contribution in [2.45, 2.75) is 32.1 Å². The Morgan fingerprint density at radius 2 is 2.14 bits per heavy atom. The average molecular weight is 529 g/mol. The van der Waals surface area contributed by atoms with E-state index in [4.69, 9.17) is 4.99 Å². The molecule has 3 unspecified atom stereocenters. The highest BCUT2D eigenvalue weighted by atomic mass is 127. The van der Waals surface area contributed by atoms with Gasteiger partial charge in [-0.15, -0.1) is 24.0 Å². The molecule has 1 aliphatic rings. The van der Waals surface area contributed by atoms with Crippen LogP contribution in [0.1, 0.15) is 31.9 Å². The third-order valence-electron chi connectivity index (χ3n) is 5.21. The van der Waals surface area contributed by atoms with E-state index < -0.39 is 10.8 Å². The Hall–Kier alpha value is -1.42. The van der Waals surface area contributed by atoms with Gasteiger partial charge < -0.3 is 14.8 Å². The van der Waals surface area contributed by atoms with E-state index in [0.29, 0.717) is 30.0 Å². The molecule has 2 heterocycles. The summed E-state index contributed by atoms with van der Waals surface area (Å²) in [4.78, 5) is 11.3. The highest BCUT2D eigenvalue weighted by Crippen LogP contribution is 2.27. The molecule has 2 aromatic rings. The molecule has 3 atom stereocenters. The lowest BCUT2D eigenvalue weighted by molar-refractivity contribution is 0.189. The molecule has 160 valence electrons. The molecule has 3 rings (SSSR count). The number of halogens is 1. The Morgan fingerprint density at radius 1 is 1.34 bits per heavy atom. The molecular formula is C21H32IN5OS. The molecule has 1 aromatic carbocycles. The van der Waals surface area contributed by atoms with Gasteiger partial charge in [0, 0.05) is 54.3 Å². The number of imidazole rings is 1. The van der Waals surface area contributed by atoms with Crippen LogP contribution in [0.2, 0.25) is 0 Å². The van der Waals surface area contributed by atoms with Gasteiger partial charge in [0.1, 0.15) is 0 Å². The zero-order valence-electron chi connectivity index (χ0n) is 17.2. The quantitative estimate of drug-likeness (QED) is 0.340. The second-order valence-corrected chi connectivity index (χ2v) is 8.88. The highest BCUT2D eigenvalue weighted by molar-refractivity contribution is 14.0. The van der Waals surface area contributed by atoms with Gasteiger partial charge in [-0.3, -0.25) is 9.20 Å². The molecule has 1 aliphatic heterocycles. The second kappa shape index (κ2) is 12.3. The largest absolute Gasteiger partial charge is 0.357 e. The molecule has 6 nitrogen and oxygen atoms in total. The van der Waals surface area contributed by atoms with Crippen molar-refractivity contribution < 1.29 is 4.21 Å². The Morgan fingerprint density at radius 3 is 2.83 bits per heavy atom. The number of benzene rings is 1. The highest BCUT2D eigenvalue weighted by Gasteiger charge is 2.28. The van der Waals surface area contributed by atoms with E-state index in [1.165, 1.54) is 0 Å². The Balaban J connectivity index is 0.00000300. The van der Waals surface area contributed by atoms with Gasteiger partial charge in [-0.1, -0.05) is 37.3 Å². The average Bonchev–Trinajstić information content (AvgIpc) is 3.23. The summed E-state index contributed by atoms with van der Waals surface area (Å²) >= 11 is 0. The maximum atomic E-state index is 12.4. The summed E-state index contributed by atoms with van der Waals surface area (Å²) in [6.45, 7) is 7.70. The van der Waals surface area contributed by atoms with Crippen LogP contribution in [0.3, 0.4) is 0 Å². The first-order valence-corrected chi connectivity index (χ1v) is 11.6. The smallest absolute Gasteiger partial charge is 0.194 e. The molecule has 0 bridgehead atoms. The predicted octanol–water partition coefficient (Wildman–Crippen LogP) is 3.30. The van der Waals surface area contributed by atoms with Crippen LogP contribution in [0.5, 0.6) is 0 Å². The fourth-order valence-electron chi connectivity index (χ4n) is 3.61. The molecule has 0 radical (unpaired) electrons. The van der Waals surface area contributed by atoms with Crippen molar-refractivity contribution in [1.82, 2.24) is 19.8 Å². The number of rotatable bonds is 7. The number of nitrogens with one attached hydrogen (secondary N) is 1. The number of piperidine rings is 1. The SMILES string of the molecule is CCNC(=NCCS(=O)Cc1ccccc1)N1CCC(C)C(n2ccnc2)C1.I. The van der Waals surface area contributed by atoms with Gasteiger partial charge in [-0.2, -0.15) is 0 Å². The molecule has 1 N–H and O–H groups in total. The van der Waals surface area contributed by atoms with Gasteiger partial charge in [-0.05, 0) is 24.8 Å². The van der Waals surface area contributed by atoms with E-state index in [2.05, 4.69) is 33.6 Å². The van der Waals surface area contributed by atoms with E-state index >= 15 is 0 Å². The number of hydrogen-bond acceptors (Lipinski definition) is 3. The molecule has 0 spiro atoms. The number of aliphatic imine (C=N–C) groups is 1. The Bertz CT molecular complexity index is 769. The summed E-state index contributed by atoms with van der Waals surface area (Å²) in [5, 5.41) is 3.41. The maximum absolute atomic E-state index is 12.4. The van der Waals surface area contributed by atoms with E-state index in [9.17, 15) is 4.21 Å². The van der Waals surface area contributed by atoms with Crippen LogP contribution in [0.25, 0.3) is 0 Å². The monoisotopic (exact) mass is 529 g/mol. The van der Waals surface area contributed by atoms with Gasteiger partial charge in [0.05, 0.1) is 18.9 Å². The van der Waals surface area contributed by atoms with Gasteiger partial charge in [0.25, 0.3) is 0 Å². The number of aromatic nitrogens is 2. The Kier molecular flexibility index (Phi) is 10.1. The first-order valence-electron chi connectivity index (χ1n) is 10.1. The van der Waals surface area contributed by atoms with E-state index in [-0.39, 0.29) is 24.0 Å². The fourth-order valence-corrected chi connectivity index (χ4v) is 4.61. The Labute approximate surface area is 193 Å². The van der Waals surface area contributed by atoms with Crippen LogP contribution in [0.15, 0.2) is 54.0 Å². The summed E-state index contributed by atoms with van der Waals surface area (Å²) < 4.78 is 14.6. The lowest BCUT2D eigenvalue weighted by Crippen LogP contribution is -2.49. The summed E-state index contributed by atoms with van der Waals surface area (Å²) in [5.74, 6) is 2.71. The summed E-state index contributed by atoms with van der Waals surface area (Å²) in [7, 11) is -0.899. The van der Waals surface area contributed by atoms with E-state index in [1.807, 2.05) is 49.1 Å². The van der Waals surface area contributed by atoms with Crippen molar-refractivity contribution in [2.24, 2.45) is 10.9 Å². The number of guanidine groups is 1. The van der Waals surface area contributed by atoms with Crippen molar-refractivity contribution in [3.05, 3.63) is 54.6 Å². The maximum Gasteiger partial charge on any atom is 0.194 e. The fraction of sp³-hybridized carbons (Fsp3) is 0.524. The van der Waals surface area contributed by atoms with Crippen LogP contribution >= 0.6 is 24.0 Å². The molecule has 8 heteroatoms. The van der Waals surface area contributed by atoms with Gasteiger partial charge in [0.15, 0.2) is 5.96 Å². The molecule has 0 aliphatic carbocycles. The zero-order chi connectivity index (χ0) is 19.8. The van der Waals surface area contributed by atoms with Gasteiger partial charge in [-0.25, -0.2) is 4.98 Å². The van der Waals surface area contributed by atoms with Crippen molar-refractivity contribution in [1.29, 1.82) is 0 Å². The van der Waals surface area contributed by atoms with Crippen LogP contribution in [-0.2, 0) is 16.6 Å². The van der Waals surface area contributed by atoms with Crippen LogP contribution in [0, 0.1) is 5.92 Å². The topological polar surface area (TPSA) is 62.5 Å². The molecule has 1 fully saturated rings. The van der Waals surface area contributed by atoms with E-state index in [0.717, 1.165) is 37.6 Å². The predicted molar refractivity (Wildman–Crippen MR) is 131 cm³/mol.